The highest BCUT2D eigenvalue weighted by molar-refractivity contribution is 4.82. The average Bonchev–Trinajstić information content (AvgIpc) is 2.26. The van der Waals surface area contributed by atoms with Crippen LogP contribution in [0.1, 0.15) is 44.9 Å². The van der Waals surface area contributed by atoms with Gasteiger partial charge in [0.2, 0.25) is 0 Å². The Morgan fingerprint density at radius 1 is 0.947 bits per heavy atom. The lowest BCUT2D eigenvalue weighted by molar-refractivity contribution is -0.184. The largest absolute Gasteiger partial charge is 0.391 e. The Bertz CT molecular complexity index is 264. The van der Waals surface area contributed by atoms with Crippen LogP contribution in [0.25, 0.3) is 0 Å². The summed E-state index contributed by atoms with van der Waals surface area (Å²) < 4.78 is 73.2. The molecule has 1 aliphatic rings. The molecule has 0 spiro atoms. The smallest absolute Gasteiger partial charge is 0.327 e. The van der Waals surface area contributed by atoms with Crippen LogP contribution in [-0.2, 0) is 0 Å². The average molecular weight is 291 g/mol. The molecule has 1 atom stereocenters. The van der Waals surface area contributed by atoms with E-state index >= 15 is 0 Å². The van der Waals surface area contributed by atoms with E-state index in [1.807, 2.05) is 0 Å². The number of alkyl halides is 6. The molecule has 114 valence electrons. The number of nitrogens with two attached hydrogens (primary N) is 1. The minimum Gasteiger partial charge on any atom is -0.327 e. The van der Waals surface area contributed by atoms with Gasteiger partial charge >= 0.3 is 12.4 Å². The number of halogens is 6. The van der Waals surface area contributed by atoms with Crippen LogP contribution >= 0.6 is 0 Å². The van der Waals surface area contributed by atoms with Crippen molar-refractivity contribution in [3.63, 3.8) is 0 Å². The van der Waals surface area contributed by atoms with Gasteiger partial charge in [-0.05, 0) is 44.4 Å². The third kappa shape index (κ3) is 6.01. The van der Waals surface area contributed by atoms with Gasteiger partial charge in [0.25, 0.3) is 0 Å². The van der Waals surface area contributed by atoms with Gasteiger partial charge in [-0.2, -0.15) is 26.3 Å². The van der Waals surface area contributed by atoms with Gasteiger partial charge in [-0.15, -0.1) is 0 Å². The molecule has 1 rings (SSSR count). The second kappa shape index (κ2) is 6.33. The maximum Gasteiger partial charge on any atom is 0.391 e. The summed E-state index contributed by atoms with van der Waals surface area (Å²) in [5.74, 6) is -1.35. The highest BCUT2D eigenvalue weighted by atomic mass is 19.4. The van der Waals surface area contributed by atoms with Crippen molar-refractivity contribution < 1.29 is 26.3 Å². The lowest BCUT2D eigenvalue weighted by Crippen LogP contribution is -2.36. The van der Waals surface area contributed by atoms with Crippen molar-refractivity contribution in [2.75, 3.05) is 0 Å². The Morgan fingerprint density at radius 3 is 1.89 bits per heavy atom. The van der Waals surface area contributed by atoms with Gasteiger partial charge in [-0.1, -0.05) is 0 Å². The monoisotopic (exact) mass is 291 g/mol. The fourth-order valence-electron chi connectivity index (χ4n) is 2.65. The zero-order valence-electron chi connectivity index (χ0n) is 10.5. The first-order chi connectivity index (χ1) is 8.59. The van der Waals surface area contributed by atoms with E-state index in [0.29, 0.717) is 12.8 Å². The Labute approximate surface area is 108 Å². The summed E-state index contributed by atoms with van der Waals surface area (Å²) in [7, 11) is 0. The first-order valence-corrected chi connectivity index (χ1v) is 6.48. The van der Waals surface area contributed by atoms with Gasteiger partial charge in [-0.3, -0.25) is 0 Å². The molecule has 0 bridgehead atoms. The maximum absolute atomic E-state index is 12.4. The molecule has 0 aromatic rings. The van der Waals surface area contributed by atoms with Gasteiger partial charge in [0.1, 0.15) is 0 Å². The van der Waals surface area contributed by atoms with E-state index in [0.717, 1.165) is 0 Å². The van der Waals surface area contributed by atoms with Gasteiger partial charge in [0.15, 0.2) is 0 Å². The zero-order chi connectivity index (χ0) is 14.7. The van der Waals surface area contributed by atoms with Crippen molar-refractivity contribution in [1.29, 1.82) is 0 Å². The summed E-state index contributed by atoms with van der Waals surface area (Å²) in [6, 6.07) is -0.420. The van der Waals surface area contributed by atoms with E-state index in [1.54, 1.807) is 0 Å². The third-order valence-corrected chi connectivity index (χ3v) is 3.84. The molecular formula is C12H19F6N. The van der Waals surface area contributed by atoms with Crippen molar-refractivity contribution in [2.24, 2.45) is 17.6 Å². The molecule has 1 fully saturated rings. The Balaban J connectivity index is 2.27. The molecule has 1 saturated carbocycles. The number of hydrogen-bond donors (Lipinski definition) is 1. The first kappa shape index (κ1) is 16.6. The molecule has 0 aromatic carbocycles. The van der Waals surface area contributed by atoms with Crippen LogP contribution in [0.5, 0.6) is 0 Å². The van der Waals surface area contributed by atoms with Crippen LogP contribution in [0, 0.1) is 11.8 Å². The van der Waals surface area contributed by atoms with Crippen LogP contribution in [0.4, 0.5) is 26.3 Å². The van der Waals surface area contributed by atoms with E-state index < -0.39 is 30.7 Å². The predicted octanol–water partition coefficient (Wildman–Crippen LogP) is 4.42. The lowest BCUT2D eigenvalue weighted by Gasteiger charge is -2.33. The summed E-state index contributed by atoms with van der Waals surface area (Å²) in [6.07, 6.45) is -8.25. The molecule has 0 saturated heterocycles. The summed E-state index contributed by atoms with van der Waals surface area (Å²) in [5, 5.41) is 0. The van der Waals surface area contributed by atoms with Gasteiger partial charge in [-0.25, -0.2) is 0 Å². The molecular weight excluding hydrogens is 272 g/mol. The Morgan fingerprint density at radius 2 is 1.47 bits per heavy atom. The van der Waals surface area contributed by atoms with Crippen molar-refractivity contribution in [1.82, 2.24) is 0 Å². The molecule has 0 aliphatic heterocycles. The fraction of sp³-hybridized carbons (Fsp3) is 1.00. The van der Waals surface area contributed by atoms with Crippen molar-refractivity contribution >= 4 is 0 Å². The molecule has 1 aliphatic carbocycles. The lowest BCUT2D eigenvalue weighted by atomic mass is 9.77. The van der Waals surface area contributed by atoms with Crippen LogP contribution in [0.2, 0.25) is 0 Å². The second-order valence-corrected chi connectivity index (χ2v) is 5.32. The normalized spacial score (nSPS) is 27.3. The van der Waals surface area contributed by atoms with Crippen LogP contribution in [0.15, 0.2) is 0 Å². The third-order valence-electron chi connectivity index (χ3n) is 3.84. The summed E-state index contributed by atoms with van der Waals surface area (Å²) in [4.78, 5) is 0. The van der Waals surface area contributed by atoms with Crippen molar-refractivity contribution in [3.8, 4) is 0 Å². The van der Waals surface area contributed by atoms with Gasteiger partial charge in [0.05, 0.1) is 5.92 Å². The quantitative estimate of drug-likeness (QED) is 0.763. The fourth-order valence-corrected chi connectivity index (χ4v) is 2.65. The van der Waals surface area contributed by atoms with Crippen LogP contribution < -0.4 is 5.73 Å². The van der Waals surface area contributed by atoms with E-state index in [9.17, 15) is 26.3 Å². The summed E-state index contributed by atoms with van der Waals surface area (Å²) >= 11 is 0. The second-order valence-electron chi connectivity index (χ2n) is 5.32. The molecule has 1 nitrogen and oxygen atoms in total. The zero-order valence-corrected chi connectivity index (χ0v) is 10.5. The standard InChI is InChI=1S/C12H19F6N/c13-11(14,15)7-1-2-10(19)8-3-5-9(6-4-8)12(16,17)18/h8-10H,1-7,19H2. The molecule has 1 unspecified atom stereocenters. The minimum atomic E-state index is -4.19. The molecule has 0 amide bonds. The molecule has 19 heavy (non-hydrogen) atoms. The number of hydrogen-bond acceptors (Lipinski definition) is 1. The predicted molar refractivity (Wildman–Crippen MR) is 59.4 cm³/mol. The van der Waals surface area contributed by atoms with Crippen molar-refractivity contribution in [3.05, 3.63) is 0 Å². The molecule has 2 N–H and O–H groups in total. The van der Waals surface area contributed by atoms with E-state index in [4.69, 9.17) is 5.73 Å². The van der Waals surface area contributed by atoms with Gasteiger partial charge in [0, 0.05) is 12.5 Å². The number of rotatable bonds is 4. The van der Waals surface area contributed by atoms with Crippen molar-refractivity contribution in [2.45, 2.75) is 63.3 Å². The molecule has 0 radical (unpaired) electrons. The van der Waals surface area contributed by atoms with E-state index in [1.165, 1.54) is 0 Å². The summed E-state index contributed by atoms with van der Waals surface area (Å²) in [6.45, 7) is 0. The van der Waals surface area contributed by atoms with Crippen LogP contribution in [0.3, 0.4) is 0 Å². The molecule has 0 aromatic heterocycles. The highest BCUT2D eigenvalue weighted by Crippen LogP contribution is 2.40. The molecule has 0 heterocycles. The maximum atomic E-state index is 12.4. The highest BCUT2D eigenvalue weighted by Gasteiger charge is 2.42. The Hall–Kier alpha value is -0.460. The summed E-state index contributed by atoms with van der Waals surface area (Å²) in [5.41, 5.74) is 5.78. The molecule has 7 heteroatoms. The van der Waals surface area contributed by atoms with Gasteiger partial charge < -0.3 is 5.73 Å². The minimum absolute atomic E-state index is 0.0428. The SMILES string of the molecule is NC(CCCC(F)(F)F)C1CCC(C(F)(F)F)CC1. The topological polar surface area (TPSA) is 26.0 Å². The first-order valence-electron chi connectivity index (χ1n) is 6.48. The Kier molecular flexibility index (Phi) is 5.53. The van der Waals surface area contributed by atoms with E-state index in [-0.39, 0.29) is 31.6 Å². The van der Waals surface area contributed by atoms with Crippen LogP contribution in [-0.4, -0.2) is 18.4 Å². The van der Waals surface area contributed by atoms with E-state index in [2.05, 4.69) is 0 Å².